The van der Waals surface area contributed by atoms with Gasteiger partial charge in [-0.2, -0.15) is 0 Å². The summed E-state index contributed by atoms with van der Waals surface area (Å²) in [5.74, 6) is -2.07. The molecule has 2 atom stereocenters. The predicted octanol–water partition coefficient (Wildman–Crippen LogP) is 3.13. The Balaban J connectivity index is 2.09. The van der Waals surface area contributed by atoms with Crippen molar-refractivity contribution in [2.75, 3.05) is 14.2 Å². The number of aliphatic hydroxyl groups excluding tert-OH is 1. The third-order valence-electron chi connectivity index (χ3n) is 5.39. The number of esters is 2. The van der Waals surface area contributed by atoms with E-state index in [4.69, 9.17) is 9.47 Å². The lowest BCUT2D eigenvalue weighted by Gasteiger charge is -2.23. The fraction of sp³-hybridized carbons (Fsp3) is 0.417. The van der Waals surface area contributed by atoms with E-state index in [1.807, 2.05) is 0 Å². The lowest BCUT2D eigenvalue weighted by atomic mass is 9.88. The Morgan fingerprint density at radius 3 is 2.25 bits per heavy atom. The van der Waals surface area contributed by atoms with Crippen molar-refractivity contribution >= 4 is 34.0 Å². The maximum atomic E-state index is 12.7. The molecular formula is C24H28N2O6. The van der Waals surface area contributed by atoms with Crippen LogP contribution >= 0.6 is 0 Å². The predicted molar refractivity (Wildman–Crippen MR) is 119 cm³/mol. The van der Waals surface area contributed by atoms with Crippen LogP contribution in [0, 0.1) is 0 Å². The fourth-order valence-corrected chi connectivity index (χ4v) is 3.80. The molecule has 0 bridgehead atoms. The van der Waals surface area contributed by atoms with E-state index in [9.17, 15) is 19.8 Å². The van der Waals surface area contributed by atoms with E-state index in [0.717, 1.165) is 0 Å². The first-order valence-corrected chi connectivity index (χ1v) is 10.4. The maximum Gasteiger partial charge on any atom is 0.340 e. The van der Waals surface area contributed by atoms with E-state index in [1.165, 1.54) is 14.2 Å². The molecule has 2 aromatic carbocycles. The molecule has 3 rings (SSSR count). The normalized spacial score (nSPS) is 13.7. The van der Waals surface area contributed by atoms with Gasteiger partial charge in [-0.15, -0.1) is 0 Å². The molecule has 0 saturated heterocycles. The molecule has 1 heterocycles. The van der Waals surface area contributed by atoms with E-state index in [2.05, 4.69) is 9.97 Å². The van der Waals surface area contributed by atoms with E-state index in [-0.39, 0.29) is 0 Å². The molecule has 0 aliphatic heterocycles. The Kier molecular flexibility index (Phi) is 7.06. The van der Waals surface area contributed by atoms with E-state index >= 15 is 0 Å². The van der Waals surface area contributed by atoms with Crippen LogP contribution in [-0.4, -0.2) is 58.0 Å². The van der Waals surface area contributed by atoms with Gasteiger partial charge < -0.3 is 19.7 Å². The molecule has 8 nitrogen and oxygen atoms in total. The van der Waals surface area contributed by atoms with Gasteiger partial charge in [-0.25, -0.2) is 14.8 Å². The first kappa shape index (κ1) is 23.6. The summed E-state index contributed by atoms with van der Waals surface area (Å²) in [4.78, 5) is 34.1. The smallest absolute Gasteiger partial charge is 0.340 e. The summed E-state index contributed by atoms with van der Waals surface area (Å²) in [5.41, 5.74) is 1.70. The van der Waals surface area contributed by atoms with E-state index < -0.39 is 29.6 Å². The number of benzene rings is 2. The molecule has 0 amide bonds. The van der Waals surface area contributed by atoms with Gasteiger partial charge in [0.15, 0.2) is 0 Å². The number of aromatic nitrogens is 2. The highest BCUT2D eigenvalue weighted by molar-refractivity contribution is 6.03. The number of hydrogen-bond donors (Lipinski definition) is 2. The number of para-hydroxylation sites is 2. The Hall–Kier alpha value is -3.10. The minimum Gasteiger partial charge on any atom is -0.468 e. The van der Waals surface area contributed by atoms with Gasteiger partial charge >= 0.3 is 11.9 Å². The molecule has 0 fully saturated rings. The molecule has 0 aliphatic rings. The van der Waals surface area contributed by atoms with Gasteiger partial charge in [0.2, 0.25) is 0 Å². The number of rotatable bonds is 8. The molecule has 0 radical (unpaired) electrons. The lowest BCUT2D eigenvalue weighted by molar-refractivity contribution is -0.145. The van der Waals surface area contributed by atoms with Crippen LogP contribution in [-0.2, 0) is 14.3 Å². The minimum atomic E-state index is -1.03. The Labute approximate surface area is 186 Å². The van der Waals surface area contributed by atoms with Gasteiger partial charge in [-0.1, -0.05) is 18.2 Å². The standard InChI is InChI=1S/C24H28N2O6/c1-24(2,30)13-7-12-18(27)19(23(29)32-4)14-8-5-10-16-20(14)25-17-11-6-9-15(21(17)26-16)22(28)31-3/h5-6,8-11,18-19,27,30H,7,12-13H2,1-4H3/t18-,19-/m0/s1. The molecule has 0 spiro atoms. The number of carbonyl (C=O) groups excluding carboxylic acids is 2. The second-order valence-corrected chi connectivity index (χ2v) is 8.38. The fourth-order valence-electron chi connectivity index (χ4n) is 3.80. The van der Waals surface area contributed by atoms with Crippen LogP contribution in [0.25, 0.3) is 22.1 Å². The summed E-state index contributed by atoms with van der Waals surface area (Å²) in [6.45, 7) is 3.40. The SMILES string of the molecule is COC(=O)c1cccc2nc3c([C@H](C(=O)OC)[C@@H](O)CCCC(C)(C)O)cccc3nc12. The second-order valence-electron chi connectivity index (χ2n) is 8.38. The summed E-state index contributed by atoms with van der Waals surface area (Å²) in [6, 6.07) is 10.2. The van der Waals surface area contributed by atoms with Crippen molar-refractivity contribution in [1.82, 2.24) is 9.97 Å². The zero-order valence-electron chi connectivity index (χ0n) is 18.7. The van der Waals surface area contributed by atoms with Crippen LogP contribution in [0.15, 0.2) is 36.4 Å². The van der Waals surface area contributed by atoms with Crippen LogP contribution in [0.4, 0.5) is 0 Å². The summed E-state index contributed by atoms with van der Waals surface area (Å²) >= 11 is 0. The first-order valence-electron chi connectivity index (χ1n) is 10.4. The Morgan fingerprint density at radius 2 is 1.62 bits per heavy atom. The van der Waals surface area contributed by atoms with Gasteiger partial charge in [0.05, 0.1) is 48.0 Å². The number of aliphatic hydroxyl groups is 2. The topological polar surface area (TPSA) is 119 Å². The molecule has 0 aliphatic carbocycles. The average Bonchev–Trinajstić information content (AvgIpc) is 2.76. The van der Waals surface area contributed by atoms with Crippen molar-refractivity contribution in [2.45, 2.75) is 50.7 Å². The number of carbonyl (C=O) groups is 2. The molecule has 8 heteroatoms. The molecule has 32 heavy (non-hydrogen) atoms. The quantitative estimate of drug-likeness (QED) is 0.405. The van der Waals surface area contributed by atoms with Gasteiger partial charge in [-0.3, -0.25) is 4.79 Å². The first-order chi connectivity index (χ1) is 15.2. The van der Waals surface area contributed by atoms with Crippen LogP contribution in [0.1, 0.15) is 54.9 Å². The third kappa shape index (κ3) is 5.03. The molecule has 2 N–H and O–H groups in total. The monoisotopic (exact) mass is 440 g/mol. The lowest BCUT2D eigenvalue weighted by Crippen LogP contribution is -2.28. The highest BCUT2D eigenvalue weighted by Crippen LogP contribution is 2.31. The zero-order valence-corrected chi connectivity index (χ0v) is 18.7. The van der Waals surface area contributed by atoms with Crippen LogP contribution in [0.5, 0.6) is 0 Å². The summed E-state index contributed by atoms with van der Waals surface area (Å²) < 4.78 is 9.82. The van der Waals surface area contributed by atoms with Crippen LogP contribution in [0.2, 0.25) is 0 Å². The van der Waals surface area contributed by atoms with Crippen molar-refractivity contribution in [3.8, 4) is 0 Å². The number of methoxy groups -OCH3 is 2. The average molecular weight is 440 g/mol. The molecule has 3 aromatic rings. The zero-order chi connectivity index (χ0) is 23.5. The molecular weight excluding hydrogens is 412 g/mol. The number of fused-ring (bicyclic) bond motifs is 2. The highest BCUT2D eigenvalue weighted by atomic mass is 16.5. The molecule has 0 unspecified atom stereocenters. The van der Waals surface area contributed by atoms with Gasteiger partial charge in [-0.05, 0) is 56.9 Å². The summed E-state index contributed by atoms with van der Waals surface area (Å²) in [7, 11) is 2.57. The second kappa shape index (κ2) is 9.58. The van der Waals surface area contributed by atoms with Gasteiger partial charge in [0.25, 0.3) is 0 Å². The molecule has 170 valence electrons. The van der Waals surface area contributed by atoms with E-state index in [1.54, 1.807) is 50.2 Å². The Morgan fingerprint density at radius 1 is 1.00 bits per heavy atom. The number of ether oxygens (including phenoxy) is 2. The van der Waals surface area contributed by atoms with E-state index in [0.29, 0.717) is 52.5 Å². The highest BCUT2D eigenvalue weighted by Gasteiger charge is 2.32. The summed E-state index contributed by atoms with van der Waals surface area (Å²) in [5, 5.41) is 20.8. The van der Waals surface area contributed by atoms with Gasteiger partial charge in [0.1, 0.15) is 11.4 Å². The summed E-state index contributed by atoms with van der Waals surface area (Å²) in [6.07, 6.45) is 0.274. The van der Waals surface area contributed by atoms with Crippen molar-refractivity contribution in [2.24, 2.45) is 0 Å². The molecule has 0 saturated carbocycles. The molecule has 1 aromatic heterocycles. The van der Waals surface area contributed by atoms with Crippen molar-refractivity contribution in [1.29, 1.82) is 0 Å². The number of nitrogens with zero attached hydrogens (tertiary/aromatic N) is 2. The largest absolute Gasteiger partial charge is 0.468 e. The van der Waals surface area contributed by atoms with Crippen molar-refractivity contribution in [3.05, 3.63) is 47.5 Å². The minimum absolute atomic E-state index is 0.293. The van der Waals surface area contributed by atoms with Crippen LogP contribution < -0.4 is 0 Å². The maximum absolute atomic E-state index is 12.7. The van der Waals surface area contributed by atoms with Gasteiger partial charge in [0, 0.05) is 0 Å². The third-order valence-corrected chi connectivity index (χ3v) is 5.39. The van der Waals surface area contributed by atoms with Crippen molar-refractivity contribution < 1.29 is 29.3 Å². The van der Waals surface area contributed by atoms with Crippen LogP contribution in [0.3, 0.4) is 0 Å². The Bertz CT molecular complexity index is 1140. The number of hydrogen-bond acceptors (Lipinski definition) is 8. The van der Waals surface area contributed by atoms with Crippen molar-refractivity contribution in [3.63, 3.8) is 0 Å².